The lowest BCUT2D eigenvalue weighted by Gasteiger charge is -2.30. The van der Waals surface area contributed by atoms with Crippen molar-refractivity contribution in [3.8, 4) is 0 Å². The van der Waals surface area contributed by atoms with Crippen molar-refractivity contribution in [2.45, 2.75) is 168 Å². The van der Waals surface area contributed by atoms with Crippen molar-refractivity contribution >= 4 is 8.56 Å². The largest absolute Gasteiger partial charge is 0.394 e. The van der Waals surface area contributed by atoms with Crippen LogP contribution in [-0.4, -0.2) is 21.8 Å². The minimum absolute atomic E-state index is 0.821. The molecule has 0 aliphatic carbocycles. The first-order chi connectivity index (χ1) is 15.2. The highest BCUT2D eigenvalue weighted by Crippen LogP contribution is 2.26. The second kappa shape index (κ2) is 24.8. The molecule has 0 fully saturated rings. The van der Waals surface area contributed by atoms with E-state index in [4.69, 9.17) is 8.85 Å². The fourth-order valence-corrected chi connectivity index (χ4v) is 8.29. The molecule has 0 heterocycles. The van der Waals surface area contributed by atoms with Crippen LogP contribution in [0.1, 0.15) is 156 Å². The SMILES string of the molecule is CCCCCCCCCCCCC[Si](CCCCCCCCCCC)(OCC)OCC. The van der Waals surface area contributed by atoms with Gasteiger partial charge < -0.3 is 8.85 Å². The topological polar surface area (TPSA) is 18.5 Å². The summed E-state index contributed by atoms with van der Waals surface area (Å²) in [5, 5.41) is 0. The summed E-state index contributed by atoms with van der Waals surface area (Å²) in [7, 11) is -1.98. The van der Waals surface area contributed by atoms with E-state index in [1.165, 1.54) is 141 Å². The highest BCUT2D eigenvalue weighted by Gasteiger charge is 2.35. The lowest BCUT2D eigenvalue weighted by atomic mass is 10.1. The van der Waals surface area contributed by atoms with Gasteiger partial charge in [0.1, 0.15) is 0 Å². The Hall–Kier alpha value is 0.137. The third-order valence-corrected chi connectivity index (χ3v) is 10.5. The zero-order valence-electron chi connectivity index (χ0n) is 22.3. The Morgan fingerprint density at radius 3 is 0.871 bits per heavy atom. The van der Waals surface area contributed by atoms with E-state index in [9.17, 15) is 0 Å². The van der Waals surface area contributed by atoms with Gasteiger partial charge in [-0.05, 0) is 25.9 Å². The van der Waals surface area contributed by atoms with Gasteiger partial charge in [0.2, 0.25) is 0 Å². The van der Waals surface area contributed by atoms with E-state index in [0.29, 0.717) is 0 Å². The van der Waals surface area contributed by atoms with E-state index < -0.39 is 8.56 Å². The van der Waals surface area contributed by atoms with Gasteiger partial charge in [-0.25, -0.2) is 0 Å². The second-order valence-electron chi connectivity index (χ2n) is 9.64. The molecule has 3 heteroatoms. The fourth-order valence-electron chi connectivity index (χ4n) is 4.74. The number of unbranched alkanes of at least 4 members (excludes halogenated alkanes) is 18. The van der Waals surface area contributed by atoms with Crippen molar-refractivity contribution in [1.82, 2.24) is 0 Å². The molecule has 0 spiro atoms. The molecule has 0 aromatic rings. The predicted octanol–water partition coefficient (Wildman–Crippen LogP) is 10.3. The van der Waals surface area contributed by atoms with Crippen LogP contribution in [0.3, 0.4) is 0 Å². The second-order valence-corrected chi connectivity index (χ2v) is 13.0. The van der Waals surface area contributed by atoms with E-state index in [0.717, 1.165) is 13.2 Å². The average molecular weight is 457 g/mol. The monoisotopic (exact) mass is 456 g/mol. The molecule has 0 rings (SSSR count). The first kappa shape index (κ1) is 31.1. The van der Waals surface area contributed by atoms with E-state index in [1.807, 2.05) is 0 Å². The molecule has 0 radical (unpaired) electrons. The number of hydrogen-bond acceptors (Lipinski definition) is 2. The maximum Gasteiger partial charge on any atom is 0.338 e. The summed E-state index contributed by atoms with van der Waals surface area (Å²) < 4.78 is 12.7. The van der Waals surface area contributed by atoms with Gasteiger partial charge in [-0.15, -0.1) is 0 Å². The van der Waals surface area contributed by atoms with Crippen LogP contribution >= 0.6 is 0 Å². The normalized spacial score (nSPS) is 12.0. The van der Waals surface area contributed by atoms with Gasteiger partial charge in [-0.2, -0.15) is 0 Å². The van der Waals surface area contributed by atoms with Crippen molar-refractivity contribution < 1.29 is 8.85 Å². The van der Waals surface area contributed by atoms with E-state index in [-0.39, 0.29) is 0 Å². The summed E-state index contributed by atoms with van der Waals surface area (Å²) in [6.45, 7) is 10.5. The molecule has 188 valence electrons. The average Bonchev–Trinajstić information content (AvgIpc) is 2.77. The van der Waals surface area contributed by atoms with Crippen molar-refractivity contribution in [3.05, 3.63) is 0 Å². The first-order valence-electron chi connectivity index (χ1n) is 14.5. The first-order valence-corrected chi connectivity index (χ1v) is 16.8. The maximum atomic E-state index is 6.35. The summed E-state index contributed by atoms with van der Waals surface area (Å²) in [6.07, 6.45) is 28.0. The van der Waals surface area contributed by atoms with Gasteiger partial charge in [0.15, 0.2) is 0 Å². The lowest BCUT2D eigenvalue weighted by molar-refractivity contribution is 0.180. The Labute approximate surface area is 198 Å². The zero-order valence-corrected chi connectivity index (χ0v) is 23.3. The molecule has 0 aromatic carbocycles. The van der Waals surface area contributed by atoms with Crippen LogP contribution in [0.25, 0.3) is 0 Å². The predicted molar refractivity (Wildman–Crippen MR) is 142 cm³/mol. The van der Waals surface area contributed by atoms with Crippen molar-refractivity contribution in [2.24, 2.45) is 0 Å². The molecule has 0 N–H and O–H groups in total. The van der Waals surface area contributed by atoms with Gasteiger partial charge in [0.05, 0.1) is 0 Å². The maximum absolute atomic E-state index is 6.35. The molecule has 0 amide bonds. The standard InChI is InChI=1S/C28H60O2Si/c1-5-9-11-13-15-17-18-20-22-24-26-28-31(29-7-3,30-8-4)27-25-23-21-19-16-14-12-10-6-2/h5-28H2,1-4H3. The molecule has 0 saturated carbocycles. The van der Waals surface area contributed by atoms with Crippen LogP contribution in [0.15, 0.2) is 0 Å². The quantitative estimate of drug-likeness (QED) is 0.0951. The molecule has 0 saturated heterocycles. The molecular weight excluding hydrogens is 396 g/mol. The molecule has 0 unspecified atom stereocenters. The molecule has 0 bridgehead atoms. The lowest BCUT2D eigenvalue weighted by Crippen LogP contribution is -2.42. The molecule has 0 aliphatic rings. The number of rotatable bonds is 26. The fraction of sp³-hybridized carbons (Fsp3) is 1.00. The summed E-state index contributed by atoms with van der Waals surface area (Å²) >= 11 is 0. The molecule has 0 atom stereocenters. The van der Waals surface area contributed by atoms with Crippen molar-refractivity contribution in [1.29, 1.82) is 0 Å². The van der Waals surface area contributed by atoms with Crippen LogP contribution < -0.4 is 0 Å². The highest BCUT2D eigenvalue weighted by atomic mass is 28.4. The third-order valence-electron chi connectivity index (χ3n) is 6.64. The van der Waals surface area contributed by atoms with Gasteiger partial charge in [-0.1, -0.05) is 142 Å². The van der Waals surface area contributed by atoms with Gasteiger partial charge in [0.25, 0.3) is 0 Å². The van der Waals surface area contributed by atoms with Crippen molar-refractivity contribution in [3.63, 3.8) is 0 Å². The Balaban J connectivity index is 3.91. The van der Waals surface area contributed by atoms with Crippen LogP contribution in [0.2, 0.25) is 12.1 Å². The van der Waals surface area contributed by atoms with Gasteiger partial charge in [0, 0.05) is 13.2 Å². The van der Waals surface area contributed by atoms with Crippen LogP contribution in [0, 0.1) is 0 Å². The molecule has 0 aliphatic heterocycles. The van der Waals surface area contributed by atoms with Crippen molar-refractivity contribution in [2.75, 3.05) is 13.2 Å². The van der Waals surface area contributed by atoms with E-state index in [1.54, 1.807) is 0 Å². The Bertz CT molecular complexity index is 329. The van der Waals surface area contributed by atoms with Gasteiger partial charge in [-0.3, -0.25) is 0 Å². The van der Waals surface area contributed by atoms with E-state index >= 15 is 0 Å². The zero-order chi connectivity index (χ0) is 22.9. The van der Waals surface area contributed by atoms with E-state index in [2.05, 4.69) is 27.7 Å². The smallest absolute Gasteiger partial charge is 0.338 e. The summed E-state index contributed by atoms with van der Waals surface area (Å²) in [6, 6.07) is 2.42. The highest BCUT2D eigenvalue weighted by molar-refractivity contribution is 6.67. The summed E-state index contributed by atoms with van der Waals surface area (Å²) in [4.78, 5) is 0. The Morgan fingerprint density at radius 2 is 0.613 bits per heavy atom. The minimum Gasteiger partial charge on any atom is -0.394 e. The summed E-state index contributed by atoms with van der Waals surface area (Å²) in [5.41, 5.74) is 0. The third kappa shape index (κ3) is 20.5. The van der Waals surface area contributed by atoms with Crippen LogP contribution in [-0.2, 0) is 8.85 Å². The molecule has 31 heavy (non-hydrogen) atoms. The Kier molecular flexibility index (Phi) is 24.9. The van der Waals surface area contributed by atoms with Gasteiger partial charge >= 0.3 is 8.56 Å². The molecule has 0 aromatic heterocycles. The molecule has 2 nitrogen and oxygen atoms in total. The van der Waals surface area contributed by atoms with Crippen LogP contribution in [0.5, 0.6) is 0 Å². The summed E-state index contributed by atoms with van der Waals surface area (Å²) in [5.74, 6) is 0. The molecular formula is C28H60O2Si. The number of hydrogen-bond donors (Lipinski definition) is 0. The van der Waals surface area contributed by atoms with Crippen LogP contribution in [0.4, 0.5) is 0 Å². The minimum atomic E-state index is -1.98. The Morgan fingerprint density at radius 1 is 0.355 bits per heavy atom.